The number of hydrogen-bond donors (Lipinski definition) is 0. The Morgan fingerprint density at radius 1 is 1.19 bits per heavy atom. The summed E-state index contributed by atoms with van der Waals surface area (Å²) in [6.07, 6.45) is 5.21. The van der Waals surface area contributed by atoms with Gasteiger partial charge in [-0.25, -0.2) is 4.98 Å². The van der Waals surface area contributed by atoms with Crippen molar-refractivity contribution >= 4 is 38.2 Å². The molecule has 2 aliphatic rings. The summed E-state index contributed by atoms with van der Waals surface area (Å²) in [7, 11) is 0. The molecule has 0 amide bonds. The van der Waals surface area contributed by atoms with E-state index in [1.165, 1.54) is 24.0 Å². The highest BCUT2D eigenvalue weighted by Gasteiger charge is 2.35. The molecule has 1 aromatic carbocycles. The minimum absolute atomic E-state index is 0.437. The Bertz CT molecular complexity index is 1060. The van der Waals surface area contributed by atoms with Gasteiger partial charge >= 0.3 is 0 Å². The summed E-state index contributed by atoms with van der Waals surface area (Å²) >= 11 is 3.55. The zero-order chi connectivity index (χ0) is 18.4. The monoisotopic (exact) mass is 421 g/mol. The summed E-state index contributed by atoms with van der Waals surface area (Å²) < 4.78 is 1.04. The van der Waals surface area contributed by atoms with E-state index in [-0.39, 0.29) is 0 Å². The largest absolute Gasteiger partial charge is 0.403 e. The van der Waals surface area contributed by atoms with Crippen molar-refractivity contribution in [1.29, 1.82) is 0 Å². The van der Waals surface area contributed by atoms with Crippen LogP contribution >= 0.6 is 15.9 Å². The Morgan fingerprint density at radius 3 is 3.00 bits per heavy atom. The van der Waals surface area contributed by atoms with Gasteiger partial charge in [-0.2, -0.15) is 0 Å². The van der Waals surface area contributed by atoms with Crippen LogP contribution in [-0.2, 0) is 4.84 Å². The summed E-state index contributed by atoms with van der Waals surface area (Å²) in [5.74, 6) is 0.882. The van der Waals surface area contributed by atoms with Gasteiger partial charge in [-0.15, -0.1) is 5.06 Å². The van der Waals surface area contributed by atoms with E-state index in [2.05, 4.69) is 50.2 Å². The highest BCUT2D eigenvalue weighted by atomic mass is 79.9. The quantitative estimate of drug-likeness (QED) is 0.557. The number of aromatic nitrogens is 2. The van der Waals surface area contributed by atoms with E-state index < -0.39 is 0 Å². The minimum atomic E-state index is 0.437. The van der Waals surface area contributed by atoms with E-state index in [4.69, 9.17) is 9.82 Å². The van der Waals surface area contributed by atoms with E-state index >= 15 is 0 Å². The summed E-state index contributed by atoms with van der Waals surface area (Å²) in [6, 6.07) is 14.9. The van der Waals surface area contributed by atoms with Gasteiger partial charge in [0.25, 0.3) is 0 Å². The molecular formula is C22H20BrN3O. The van der Waals surface area contributed by atoms with Gasteiger partial charge in [0, 0.05) is 33.9 Å². The fourth-order valence-corrected chi connectivity index (χ4v) is 4.47. The molecule has 4 heterocycles. The number of hydrogen-bond acceptors (Lipinski definition) is 4. The van der Waals surface area contributed by atoms with Gasteiger partial charge in [-0.3, -0.25) is 4.98 Å². The second-order valence-electron chi connectivity index (χ2n) is 7.22. The van der Waals surface area contributed by atoms with Gasteiger partial charge in [0.1, 0.15) is 5.69 Å². The number of nitrogens with zero attached hydrogens (tertiary/aromatic N) is 3. The predicted molar refractivity (Wildman–Crippen MR) is 111 cm³/mol. The fourth-order valence-electron chi connectivity index (χ4n) is 4.12. The van der Waals surface area contributed by atoms with Crippen molar-refractivity contribution in [2.75, 3.05) is 6.54 Å². The Hall–Kier alpha value is -2.24. The smallest absolute Gasteiger partial charge is 0.176 e. The van der Waals surface area contributed by atoms with Crippen LogP contribution in [0.3, 0.4) is 0 Å². The third-order valence-electron chi connectivity index (χ3n) is 5.40. The van der Waals surface area contributed by atoms with Crippen molar-refractivity contribution in [2.45, 2.75) is 32.2 Å². The van der Waals surface area contributed by atoms with E-state index in [1.54, 1.807) is 0 Å². The van der Waals surface area contributed by atoms with Crippen molar-refractivity contribution in [1.82, 2.24) is 15.0 Å². The Morgan fingerprint density at radius 2 is 2.11 bits per heavy atom. The molecule has 0 aliphatic carbocycles. The number of halogens is 1. The highest BCUT2D eigenvalue weighted by molar-refractivity contribution is 9.10. The molecule has 136 valence electrons. The van der Waals surface area contributed by atoms with Crippen LogP contribution in [0, 0.1) is 6.92 Å². The van der Waals surface area contributed by atoms with Crippen LogP contribution in [-0.4, -0.2) is 27.6 Å². The highest BCUT2D eigenvalue weighted by Crippen LogP contribution is 2.42. The first-order valence-electron chi connectivity index (χ1n) is 9.35. The summed E-state index contributed by atoms with van der Waals surface area (Å²) in [6.45, 7) is 3.00. The Kier molecular flexibility index (Phi) is 4.21. The molecule has 3 aromatic rings. The first kappa shape index (κ1) is 16.9. The van der Waals surface area contributed by atoms with Crippen LogP contribution < -0.4 is 0 Å². The first-order chi connectivity index (χ1) is 13.2. The van der Waals surface area contributed by atoms with Gasteiger partial charge in [0.15, 0.2) is 5.76 Å². The minimum Gasteiger partial charge on any atom is -0.403 e. The van der Waals surface area contributed by atoms with Gasteiger partial charge < -0.3 is 4.84 Å². The van der Waals surface area contributed by atoms with Crippen LogP contribution in [0.25, 0.3) is 22.2 Å². The number of hydroxylamine groups is 2. The first-order valence-corrected chi connectivity index (χ1v) is 10.1. The summed E-state index contributed by atoms with van der Waals surface area (Å²) in [5.41, 5.74) is 5.30. The molecule has 1 saturated heterocycles. The molecule has 1 fully saturated rings. The maximum Gasteiger partial charge on any atom is 0.176 e. The molecular weight excluding hydrogens is 402 g/mol. The third kappa shape index (κ3) is 3.05. The standard InChI is InChI=1S/C22H20BrN3O/c1-14-4-2-6-20(25-14)22-19(13-16-5-3-11-26(16)27-22)17-9-10-24-21-12-15(23)7-8-18(17)21/h2,4,6-10,12,16H,3,5,11,13H2,1H3. The van der Waals surface area contributed by atoms with E-state index in [1.807, 2.05) is 31.3 Å². The van der Waals surface area contributed by atoms with Crippen LogP contribution in [0.15, 0.2) is 53.1 Å². The maximum atomic E-state index is 6.41. The van der Waals surface area contributed by atoms with Crippen molar-refractivity contribution in [3.05, 3.63) is 70.1 Å². The molecule has 0 N–H and O–H groups in total. The predicted octanol–water partition coefficient (Wildman–Crippen LogP) is 5.37. The second-order valence-corrected chi connectivity index (χ2v) is 8.14. The van der Waals surface area contributed by atoms with Crippen molar-refractivity contribution < 1.29 is 4.84 Å². The lowest BCUT2D eigenvalue weighted by Gasteiger charge is -2.33. The lowest BCUT2D eigenvalue weighted by atomic mass is 9.92. The number of fused-ring (bicyclic) bond motifs is 2. The van der Waals surface area contributed by atoms with Crippen LogP contribution in [0.2, 0.25) is 0 Å². The molecule has 0 radical (unpaired) electrons. The average molecular weight is 422 g/mol. The normalized spacial score (nSPS) is 20.0. The van der Waals surface area contributed by atoms with E-state index in [0.717, 1.165) is 45.5 Å². The fraction of sp³-hybridized carbons (Fsp3) is 0.273. The van der Waals surface area contributed by atoms with Crippen LogP contribution in [0.5, 0.6) is 0 Å². The van der Waals surface area contributed by atoms with Crippen LogP contribution in [0.4, 0.5) is 0 Å². The number of benzene rings is 1. The van der Waals surface area contributed by atoms with Crippen molar-refractivity contribution in [3.8, 4) is 0 Å². The zero-order valence-electron chi connectivity index (χ0n) is 15.2. The van der Waals surface area contributed by atoms with Gasteiger partial charge in [-0.1, -0.05) is 28.1 Å². The van der Waals surface area contributed by atoms with Gasteiger partial charge in [0.2, 0.25) is 0 Å². The van der Waals surface area contributed by atoms with Crippen molar-refractivity contribution in [2.24, 2.45) is 0 Å². The molecule has 1 unspecified atom stereocenters. The molecule has 27 heavy (non-hydrogen) atoms. The molecule has 1 atom stereocenters. The number of pyridine rings is 2. The number of aryl methyl sites for hydroxylation is 1. The molecule has 0 saturated carbocycles. The van der Waals surface area contributed by atoms with Gasteiger partial charge in [-0.05, 0) is 62.1 Å². The molecule has 0 bridgehead atoms. The summed E-state index contributed by atoms with van der Waals surface area (Å²) in [5, 5.41) is 3.29. The maximum absolute atomic E-state index is 6.41. The lowest BCUT2D eigenvalue weighted by molar-refractivity contribution is -0.104. The molecule has 4 nitrogen and oxygen atoms in total. The van der Waals surface area contributed by atoms with Crippen molar-refractivity contribution in [3.63, 3.8) is 0 Å². The molecule has 2 aliphatic heterocycles. The molecule has 0 spiro atoms. The van der Waals surface area contributed by atoms with Crippen LogP contribution in [0.1, 0.15) is 36.2 Å². The molecule has 5 heteroatoms. The SMILES string of the molecule is Cc1cccc(C2=C(c3ccnc4cc(Br)ccc34)CC3CCCN3O2)n1. The number of rotatable bonds is 2. The molecule has 5 rings (SSSR count). The van der Waals surface area contributed by atoms with E-state index in [9.17, 15) is 0 Å². The third-order valence-corrected chi connectivity index (χ3v) is 5.89. The lowest BCUT2D eigenvalue weighted by Crippen LogP contribution is -2.33. The van der Waals surface area contributed by atoms with E-state index in [0.29, 0.717) is 6.04 Å². The zero-order valence-corrected chi connectivity index (χ0v) is 16.7. The Labute approximate surface area is 167 Å². The molecule has 2 aromatic heterocycles. The average Bonchev–Trinajstić information content (AvgIpc) is 3.14. The topological polar surface area (TPSA) is 38.2 Å². The second kappa shape index (κ2) is 6.73. The van der Waals surface area contributed by atoms with Gasteiger partial charge in [0.05, 0.1) is 11.6 Å². The summed E-state index contributed by atoms with van der Waals surface area (Å²) in [4.78, 5) is 15.7. The Balaban J connectivity index is 1.74.